The Balaban J connectivity index is 2.17. The van der Waals surface area contributed by atoms with E-state index in [1.807, 2.05) is 0 Å². The molecule has 0 spiro atoms. The van der Waals surface area contributed by atoms with Crippen LogP contribution < -0.4 is 5.32 Å². The summed E-state index contributed by atoms with van der Waals surface area (Å²) in [5, 5.41) is 2.65. The molecular weight excluding hydrogens is 319 g/mol. The lowest BCUT2D eigenvalue weighted by atomic mass is 10.1. The molecule has 2 rings (SSSR count). The number of hydrogen-bond acceptors (Lipinski definition) is 2. The van der Waals surface area contributed by atoms with Crippen molar-refractivity contribution < 1.29 is 22.8 Å². The van der Waals surface area contributed by atoms with Gasteiger partial charge in [-0.15, -0.1) is 0 Å². The van der Waals surface area contributed by atoms with Crippen molar-refractivity contribution in [3.05, 3.63) is 64.2 Å². The van der Waals surface area contributed by atoms with Crippen LogP contribution in [0.2, 0.25) is 5.02 Å². The zero-order valence-corrected chi connectivity index (χ0v) is 11.7. The van der Waals surface area contributed by atoms with E-state index in [2.05, 4.69) is 5.32 Å². The van der Waals surface area contributed by atoms with Crippen LogP contribution in [0.15, 0.2) is 42.5 Å². The Bertz CT molecular complexity index is 712. The first-order valence-corrected chi connectivity index (χ1v) is 6.42. The number of anilines is 1. The van der Waals surface area contributed by atoms with Gasteiger partial charge in [0.05, 0.1) is 10.6 Å². The first-order valence-electron chi connectivity index (χ1n) is 6.04. The van der Waals surface area contributed by atoms with Crippen LogP contribution in [-0.2, 0) is 6.18 Å². The van der Waals surface area contributed by atoms with Crippen LogP contribution in [0.5, 0.6) is 0 Å². The van der Waals surface area contributed by atoms with Crippen LogP contribution in [-0.4, -0.2) is 12.2 Å². The van der Waals surface area contributed by atoms with Crippen molar-refractivity contribution >= 4 is 29.5 Å². The predicted molar refractivity (Wildman–Crippen MR) is 76.2 cm³/mol. The second kappa shape index (κ2) is 6.19. The van der Waals surface area contributed by atoms with Gasteiger partial charge in [-0.1, -0.05) is 11.6 Å². The zero-order valence-electron chi connectivity index (χ0n) is 10.9. The number of benzene rings is 2. The molecule has 0 bridgehead atoms. The Kier molecular flexibility index (Phi) is 4.51. The number of alkyl halides is 3. The topological polar surface area (TPSA) is 46.2 Å². The quantitative estimate of drug-likeness (QED) is 0.848. The van der Waals surface area contributed by atoms with E-state index in [9.17, 15) is 22.8 Å². The average Bonchev–Trinajstić information content (AvgIpc) is 2.47. The highest BCUT2D eigenvalue weighted by Gasteiger charge is 2.29. The van der Waals surface area contributed by atoms with Gasteiger partial charge < -0.3 is 5.32 Å². The molecule has 1 amide bonds. The molecule has 7 heteroatoms. The van der Waals surface area contributed by atoms with Crippen molar-refractivity contribution in [1.29, 1.82) is 0 Å². The minimum Gasteiger partial charge on any atom is -0.322 e. The van der Waals surface area contributed by atoms with Gasteiger partial charge in [0.2, 0.25) is 0 Å². The summed E-state index contributed by atoms with van der Waals surface area (Å²) in [6, 6.07) is 8.15. The van der Waals surface area contributed by atoms with Gasteiger partial charge in [0, 0.05) is 16.8 Å². The molecule has 0 aliphatic carbocycles. The van der Waals surface area contributed by atoms with Crippen LogP contribution in [0.1, 0.15) is 26.3 Å². The zero-order chi connectivity index (χ0) is 16.3. The molecule has 0 atom stereocenters. The lowest BCUT2D eigenvalue weighted by Gasteiger charge is -2.09. The SMILES string of the molecule is O=Cc1cc(C(=O)Nc2ccc(C(F)(F)F)cc2)ccc1Cl. The maximum absolute atomic E-state index is 12.4. The minimum atomic E-state index is -4.43. The number of nitrogens with one attached hydrogen (secondary N) is 1. The molecule has 0 aliphatic heterocycles. The van der Waals surface area contributed by atoms with Crippen molar-refractivity contribution in [3.8, 4) is 0 Å². The largest absolute Gasteiger partial charge is 0.416 e. The second-order valence-corrected chi connectivity index (χ2v) is 4.79. The molecule has 3 nitrogen and oxygen atoms in total. The summed E-state index contributed by atoms with van der Waals surface area (Å²) in [7, 11) is 0. The van der Waals surface area contributed by atoms with E-state index in [0.717, 1.165) is 24.3 Å². The first kappa shape index (κ1) is 16.0. The number of rotatable bonds is 3. The fraction of sp³-hybridized carbons (Fsp3) is 0.0667. The molecule has 0 fully saturated rings. The van der Waals surface area contributed by atoms with Crippen LogP contribution in [0, 0.1) is 0 Å². The number of amides is 1. The summed E-state index contributed by atoms with van der Waals surface area (Å²) in [4.78, 5) is 22.8. The summed E-state index contributed by atoms with van der Waals surface area (Å²) in [5.41, 5.74) is -0.269. The van der Waals surface area contributed by atoms with Gasteiger partial charge in [-0.05, 0) is 42.5 Å². The molecule has 0 unspecified atom stereocenters. The van der Waals surface area contributed by atoms with E-state index in [4.69, 9.17) is 11.6 Å². The molecule has 0 aromatic heterocycles. The monoisotopic (exact) mass is 327 g/mol. The van der Waals surface area contributed by atoms with E-state index < -0.39 is 17.6 Å². The van der Waals surface area contributed by atoms with E-state index >= 15 is 0 Å². The molecule has 0 heterocycles. The molecule has 0 saturated heterocycles. The minimum absolute atomic E-state index is 0.154. The highest BCUT2D eigenvalue weighted by Crippen LogP contribution is 2.29. The van der Waals surface area contributed by atoms with Gasteiger partial charge in [0.1, 0.15) is 0 Å². The molecular formula is C15H9ClF3NO2. The van der Waals surface area contributed by atoms with Crippen molar-refractivity contribution in [1.82, 2.24) is 0 Å². The molecule has 0 aliphatic rings. The Morgan fingerprint density at radius 1 is 1.09 bits per heavy atom. The lowest BCUT2D eigenvalue weighted by molar-refractivity contribution is -0.137. The van der Waals surface area contributed by atoms with Gasteiger partial charge in [-0.2, -0.15) is 13.2 Å². The maximum atomic E-state index is 12.4. The third-order valence-corrected chi connectivity index (χ3v) is 3.20. The second-order valence-electron chi connectivity index (χ2n) is 4.38. The molecule has 2 aromatic rings. The molecule has 0 radical (unpaired) electrons. The van der Waals surface area contributed by atoms with Crippen molar-refractivity contribution in [2.24, 2.45) is 0 Å². The highest BCUT2D eigenvalue weighted by atomic mass is 35.5. The van der Waals surface area contributed by atoms with E-state index in [0.29, 0.717) is 6.29 Å². The fourth-order valence-corrected chi connectivity index (χ4v) is 1.88. The lowest BCUT2D eigenvalue weighted by Crippen LogP contribution is -2.12. The molecule has 0 saturated carbocycles. The third-order valence-electron chi connectivity index (χ3n) is 2.86. The Labute approximate surface area is 128 Å². The fourth-order valence-electron chi connectivity index (χ4n) is 1.72. The van der Waals surface area contributed by atoms with Crippen LogP contribution in [0.25, 0.3) is 0 Å². The normalized spacial score (nSPS) is 11.1. The predicted octanol–water partition coefficient (Wildman–Crippen LogP) is 4.42. The smallest absolute Gasteiger partial charge is 0.322 e. The molecule has 114 valence electrons. The first-order chi connectivity index (χ1) is 10.3. The molecule has 1 N–H and O–H groups in total. The van der Waals surface area contributed by atoms with E-state index in [1.54, 1.807) is 0 Å². The highest BCUT2D eigenvalue weighted by molar-refractivity contribution is 6.33. The number of halogens is 4. The van der Waals surface area contributed by atoms with Gasteiger partial charge in [-0.3, -0.25) is 9.59 Å². The van der Waals surface area contributed by atoms with E-state index in [1.165, 1.54) is 18.2 Å². The van der Waals surface area contributed by atoms with Gasteiger partial charge in [-0.25, -0.2) is 0 Å². The molecule has 22 heavy (non-hydrogen) atoms. The third kappa shape index (κ3) is 3.65. The number of carbonyl (C=O) groups is 2. The maximum Gasteiger partial charge on any atom is 0.416 e. The van der Waals surface area contributed by atoms with Gasteiger partial charge in [0.25, 0.3) is 5.91 Å². The number of hydrogen-bond donors (Lipinski definition) is 1. The molecule has 2 aromatic carbocycles. The summed E-state index contributed by atoms with van der Waals surface area (Å²) in [6.45, 7) is 0. The summed E-state index contributed by atoms with van der Waals surface area (Å²) >= 11 is 5.75. The van der Waals surface area contributed by atoms with Crippen molar-refractivity contribution in [2.45, 2.75) is 6.18 Å². The van der Waals surface area contributed by atoms with Crippen LogP contribution in [0.4, 0.5) is 18.9 Å². The summed E-state index contributed by atoms with van der Waals surface area (Å²) in [6.07, 6.45) is -3.92. The van der Waals surface area contributed by atoms with E-state index in [-0.39, 0.29) is 21.8 Å². The van der Waals surface area contributed by atoms with Crippen LogP contribution >= 0.6 is 11.6 Å². The van der Waals surface area contributed by atoms with Crippen molar-refractivity contribution in [3.63, 3.8) is 0 Å². The Hall–Kier alpha value is -2.34. The van der Waals surface area contributed by atoms with Crippen molar-refractivity contribution in [2.75, 3.05) is 5.32 Å². The number of carbonyl (C=O) groups excluding carboxylic acids is 2. The average molecular weight is 328 g/mol. The van der Waals surface area contributed by atoms with Crippen LogP contribution in [0.3, 0.4) is 0 Å². The Morgan fingerprint density at radius 3 is 2.27 bits per heavy atom. The number of aldehydes is 1. The van der Waals surface area contributed by atoms with Gasteiger partial charge >= 0.3 is 6.18 Å². The van der Waals surface area contributed by atoms with Gasteiger partial charge in [0.15, 0.2) is 6.29 Å². The standard InChI is InChI=1S/C15H9ClF3NO2/c16-13-6-1-9(7-10(13)8-21)14(22)20-12-4-2-11(3-5-12)15(17,18)19/h1-8H,(H,20,22). The Morgan fingerprint density at radius 2 is 1.73 bits per heavy atom. The summed E-state index contributed by atoms with van der Waals surface area (Å²) < 4.78 is 37.3. The summed E-state index contributed by atoms with van der Waals surface area (Å²) in [5.74, 6) is -0.556.